The smallest absolute Gasteiger partial charge is 0.242 e. The lowest BCUT2D eigenvalue weighted by molar-refractivity contribution is -0.144. The van der Waals surface area contributed by atoms with Crippen LogP contribution < -0.4 is 9.47 Å². The van der Waals surface area contributed by atoms with Crippen molar-refractivity contribution in [2.45, 2.75) is 59.4 Å². The zero-order chi connectivity index (χ0) is 27.2. The summed E-state index contributed by atoms with van der Waals surface area (Å²) in [5, 5.41) is 2.05. The van der Waals surface area contributed by atoms with Crippen LogP contribution in [0.1, 0.15) is 55.5 Å². The van der Waals surface area contributed by atoms with Gasteiger partial charge in [0, 0.05) is 31.0 Å². The Morgan fingerprint density at radius 2 is 1.76 bits per heavy atom. The number of aryl methyl sites for hydroxylation is 1. The van der Waals surface area contributed by atoms with Crippen molar-refractivity contribution in [3.8, 4) is 11.5 Å². The molecule has 0 fully saturated rings. The summed E-state index contributed by atoms with van der Waals surface area (Å²) in [6, 6.07) is 7.90. The van der Waals surface area contributed by atoms with Crippen LogP contribution in [0.5, 0.6) is 11.5 Å². The molecule has 0 radical (unpaired) electrons. The van der Waals surface area contributed by atoms with Gasteiger partial charge in [-0.3, -0.25) is 9.59 Å². The van der Waals surface area contributed by atoms with Crippen molar-refractivity contribution in [1.29, 1.82) is 0 Å². The summed E-state index contributed by atoms with van der Waals surface area (Å²) in [4.78, 5) is 31.8. The molecule has 0 aliphatic rings. The molecule has 0 saturated carbocycles. The Labute approximate surface area is 226 Å². The Morgan fingerprint density at radius 1 is 1.00 bits per heavy atom. The summed E-state index contributed by atoms with van der Waals surface area (Å²) in [7, 11) is 4.85. The Balaban J connectivity index is 2.22. The zero-order valence-electron chi connectivity index (χ0n) is 23.4. The average molecular weight is 533 g/mol. The van der Waals surface area contributed by atoms with E-state index in [1.54, 1.807) is 37.6 Å². The number of benzene rings is 1. The van der Waals surface area contributed by atoms with Gasteiger partial charge in [0.05, 0.1) is 33.9 Å². The van der Waals surface area contributed by atoms with E-state index in [9.17, 15) is 9.59 Å². The molecule has 2 amide bonds. The lowest BCUT2D eigenvalue weighted by atomic mass is 9.97. The number of ether oxygens (including phenoxy) is 3. The second kappa shape index (κ2) is 16.3. The molecule has 0 aliphatic heterocycles. The number of carbonyl (C=O) groups excluding carboxylic acids is 2. The van der Waals surface area contributed by atoms with Crippen LogP contribution in [0.2, 0.25) is 0 Å². The molecule has 8 heteroatoms. The normalized spacial score (nSPS) is 11.7. The molecule has 0 aliphatic carbocycles. The minimum atomic E-state index is -0.0654. The van der Waals surface area contributed by atoms with E-state index < -0.39 is 0 Å². The Hall–Kier alpha value is -2.58. The third-order valence-electron chi connectivity index (χ3n) is 6.72. The van der Waals surface area contributed by atoms with Crippen LogP contribution in [0.15, 0.2) is 29.6 Å². The monoisotopic (exact) mass is 532 g/mol. The topological polar surface area (TPSA) is 68.3 Å². The first-order chi connectivity index (χ1) is 17.9. The number of rotatable bonds is 17. The van der Waals surface area contributed by atoms with Crippen LogP contribution in [0.25, 0.3) is 0 Å². The van der Waals surface area contributed by atoms with Crippen molar-refractivity contribution in [3.05, 3.63) is 45.6 Å². The molecular formula is C29H44N2O5S. The van der Waals surface area contributed by atoms with Crippen LogP contribution >= 0.6 is 11.3 Å². The average Bonchev–Trinajstić information content (AvgIpc) is 3.32. The molecular weight excluding hydrogens is 488 g/mol. The van der Waals surface area contributed by atoms with Crippen molar-refractivity contribution in [3.63, 3.8) is 0 Å². The van der Waals surface area contributed by atoms with Crippen LogP contribution in [0, 0.1) is 12.8 Å². The van der Waals surface area contributed by atoms with E-state index >= 15 is 0 Å². The fourth-order valence-corrected chi connectivity index (χ4v) is 5.20. The molecule has 0 spiro atoms. The zero-order valence-corrected chi connectivity index (χ0v) is 24.2. The SMILES string of the molecule is CCCC[C@H](CC)C(=O)N(CCOC)CC(=O)N(CCc1ccc(OC)c(OC)c1)Cc1sccc1C. The van der Waals surface area contributed by atoms with Gasteiger partial charge in [0.2, 0.25) is 11.8 Å². The van der Waals surface area contributed by atoms with Gasteiger partial charge in [0.25, 0.3) is 0 Å². The predicted molar refractivity (Wildman–Crippen MR) is 149 cm³/mol. The third-order valence-corrected chi connectivity index (χ3v) is 7.73. The quantitative estimate of drug-likeness (QED) is 0.275. The largest absolute Gasteiger partial charge is 0.493 e. The van der Waals surface area contributed by atoms with E-state index in [0.29, 0.717) is 44.2 Å². The van der Waals surface area contributed by atoms with Gasteiger partial charge >= 0.3 is 0 Å². The number of thiophene rings is 1. The van der Waals surface area contributed by atoms with E-state index in [2.05, 4.69) is 25.3 Å². The highest BCUT2D eigenvalue weighted by Gasteiger charge is 2.26. The molecule has 0 bridgehead atoms. The highest BCUT2D eigenvalue weighted by molar-refractivity contribution is 7.10. The van der Waals surface area contributed by atoms with Gasteiger partial charge in [0.15, 0.2) is 11.5 Å². The Morgan fingerprint density at radius 3 is 2.35 bits per heavy atom. The summed E-state index contributed by atoms with van der Waals surface area (Å²) in [5.74, 6) is 1.27. The molecule has 0 saturated heterocycles. The van der Waals surface area contributed by atoms with E-state index in [1.807, 2.05) is 30.0 Å². The summed E-state index contributed by atoms with van der Waals surface area (Å²) >= 11 is 1.65. The van der Waals surface area contributed by atoms with Crippen LogP contribution in [0.3, 0.4) is 0 Å². The molecule has 0 N–H and O–H groups in total. The number of amides is 2. The number of unbranched alkanes of at least 4 members (excludes halogenated alkanes) is 1. The molecule has 7 nitrogen and oxygen atoms in total. The molecule has 37 heavy (non-hydrogen) atoms. The van der Waals surface area contributed by atoms with Gasteiger partial charge in [-0.05, 0) is 60.9 Å². The minimum absolute atomic E-state index is 0.0495. The lowest BCUT2D eigenvalue weighted by Crippen LogP contribution is -2.46. The maximum absolute atomic E-state index is 13.7. The first-order valence-electron chi connectivity index (χ1n) is 13.2. The number of carbonyl (C=O) groups is 2. The number of hydrogen-bond acceptors (Lipinski definition) is 6. The standard InChI is InChI=1S/C29H44N2O5S/c1-7-9-10-24(8-2)29(33)31(16-17-34-4)21-28(32)30(20-27-22(3)14-18-37-27)15-13-23-11-12-25(35-5)26(19-23)36-6/h11-12,14,18-19,24H,7-10,13,15-17,20-21H2,1-6H3/t24-/m0/s1. The summed E-state index contributed by atoms with van der Waals surface area (Å²) < 4.78 is 16.1. The first kappa shape index (κ1) is 30.6. The first-order valence-corrected chi connectivity index (χ1v) is 14.1. The van der Waals surface area contributed by atoms with Gasteiger partial charge in [-0.25, -0.2) is 0 Å². The van der Waals surface area contributed by atoms with E-state index in [-0.39, 0.29) is 24.3 Å². The minimum Gasteiger partial charge on any atom is -0.493 e. The van der Waals surface area contributed by atoms with Crippen molar-refractivity contribution < 1.29 is 23.8 Å². The third kappa shape index (κ3) is 9.34. The molecule has 1 heterocycles. The number of hydrogen-bond donors (Lipinski definition) is 0. The summed E-state index contributed by atoms with van der Waals surface area (Å²) in [6.45, 7) is 8.16. The predicted octanol–water partition coefficient (Wildman–Crippen LogP) is 5.34. The molecule has 1 atom stereocenters. The second-order valence-corrected chi connectivity index (χ2v) is 10.3. The fourth-order valence-electron chi connectivity index (χ4n) is 4.27. The summed E-state index contributed by atoms with van der Waals surface area (Å²) in [6.07, 6.45) is 4.34. The summed E-state index contributed by atoms with van der Waals surface area (Å²) in [5.41, 5.74) is 2.23. The Kier molecular flexibility index (Phi) is 13.5. The van der Waals surface area contributed by atoms with Crippen molar-refractivity contribution >= 4 is 23.2 Å². The molecule has 206 valence electrons. The Bertz CT molecular complexity index is 977. The van der Waals surface area contributed by atoms with Gasteiger partial charge < -0.3 is 24.0 Å². The van der Waals surface area contributed by atoms with Gasteiger partial charge in [-0.2, -0.15) is 0 Å². The molecule has 2 rings (SSSR count). The molecule has 1 aromatic carbocycles. The van der Waals surface area contributed by atoms with Crippen LogP contribution in [-0.2, 0) is 27.3 Å². The lowest BCUT2D eigenvalue weighted by Gasteiger charge is -2.30. The maximum Gasteiger partial charge on any atom is 0.242 e. The van der Waals surface area contributed by atoms with E-state index in [4.69, 9.17) is 14.2 Å². The molecule has 2 aromatic rings. The highest BCUT2D eigenvalue weighted by atomic mass is 32.1. The van der Waals surface area contributed by atoms with Gasteiger partial charge in [-0.15, -0.1) is 11.3 Å². The van der Waals surface area contributed by atoms with Crippen molar-refractivity contribution in [2.24, 2.45) is 5.92 Å². The molecule has 1 aromatic heterocycles. The maximum atomic E-state index is 13.7. The van der Waals surface area contributed by atoms with Gasteiger partial charge in [0.1, 0.15) is 0 Å². The van der Waals surface area contributed by atoms with E-state index in [0.717, 1.165) is 36.1 Å². The highest BCUT2D eigenvalue weighted by Crippen LogP contribution is 2.28. The second-order valence-electron chi connectivity index (χ2n) is 9.28. The van der Waals surface area contributed by atoms with Gasteiger partial charge in [-0.1, -0.05) is 32.8 Å². The van der Waals surface area contributed by atoms with Crippen LogP contribution in [-0.4, -0.2) is 69.2 Å². The van der Waals surface area contributed by atoms with Crippen molar-refractivity contribution in [1.82, 2.24) is 9.80 Å². The number of methoxy groups -OCH3 is 3. The van der Waals surface area contributed by atoms with Crippen molar-refractivity contribution in [2.75, 3.05) is 47.6 Å². The molecule has 0 unspecified atom stereocenters. The van der Waals surface area contributed by atoms with Crippen LogP contribution in [0.4, 0.5) is 0 Å². The number of nitrogens with zero attached hydrogens (tertiary/aromatic N) is 2. The van der Waals surface area contributed by atoms with E-state index in [1.165, 1.54) is 5.56 Å². The fraction of sp³-hybridized carbons (Fsp3) is 0.586.